The third-order valence-corrected chi connectivity index (χ3v) is 5.52. The number of nitrogens with one attached hydrogen (secondary N) is 1. The maximum absolute atomic E-state index is 13.2. The van der Waals surface area contributed by atoms with Crippen LogP contribution in [-0.2, 0) is 24.3 Å². The number of carbonyl (C=O) groups excluding carboxylic acids is 2. The fourth-order valence-corrected chi connectivity index (χ4v) is 3.96. The van der Waals surface area contributed by atoms with Gasteiger partial charge in [0, 0.05) is 6.54 Å². The van der Waals surface area contributed by atoms with Gasteiger partial charge in [-0.25, -0.2) is 8.42 Å². The summed E-state index contributed by atoms with van der Waals surface area (Å²) in [7, 11) is -3.63. The second kappa shape index (κ2) is 12.0. The molecule has 0 rings (SSSR count). The van der Waals surface area contributed by atoms with Gasteiger partial charge in [-0.2, -0.15) is 0 Å². The Kier molecular flexibility index (Phi) is 11.6. The number of hydrazine groups is 1. The van der Waals surface area contributed by atoms with E-state index in [0.717, 1.165) is 17.1 Å². The largest absolute Gasteiger partial charge is 0.460 e. The number of carbonyl (C=O) groups is 2. The Bertz CT molecular complexity index is 651. The van der Waals surface area contributed by atoms with Crippen molar-refractivity contribution in [2.45, 2.75) is 87.2 Å². The van der Waals surface area contributed by atoms with Crippen LogP contribution in [0.2, 0.25) is 0 Å². The third-order valence-electron chi connectivity index (χ3n) is 4.48. The summed E-state index contributed by atoms with van der Waals surface area (Å²) in [6.07, 6.45) is 2.82. The van der Waals surface area contributed by atoms with Crippen molar-refractivity contribution in [1.29, 1.82) is 0 Å². The molecular weight excluding hydrogens is 404 g/mol. The highest BCUT2D eigenvalue weighted by Crippen LogP contribution is 2.29. The fourth-order valence-electron chi connectivity index (χ4n) is 3.14. The molecule has 0 radical (unpaired) electrons. The zero-order valence-electron chi connectivity index (χ0n) is 20.6. The fraction of sp³-hybridized carbons (Fsp3) is 0.909. The van der Waals surface area contributed by atoms with E-state index in [1.165, 1.54) is 0 Å². The Labute approximate surface area is 184 Å². The lowest BCUT2D eigenvalue weighted by molar-refractivity contribution is -0.165. The number of hydrogen-bond acceptors (Lipinski definition) is 5. The Morgan fingerprint density at radius 2 is 1.43 bits per heavy atom. The van der Waals surface area contributed by atoms with Gasteiger partial charge < -0.3 is 4.74 Å². The van der Waals surface area contributed by atoms with Gasteiger partial charge in [0.05, 0.1) is 18.1 Å². The molecule has 0 aliphatic rings. The first kappa shape index (κ1) is 28.9. The molecule has 8 heteroatoms. The van der Waals surface area contributed by atoms with Crippen molar-refractivity contribution in [2.75, 3.05) is 12.8 Å². The van der Waals surface area contributed by atoms with E-state index in [-0.39, 0.29) is 18.4 Å². The van der Waals surface area contributed by atoms with E-state index < -0.39 is 39.3 Å². The van der Waals surface area contributed by atoms with E-state index in [0.29, 0.717) is 18.8 Å². The molecule has 0 aromatic carbocycles. The van der Waals surface area contributed by atoms with Gasteiger partial charge in [0.15, 0.2) is 0 Å². The molecule has 0 aromatic rings. The van der Waals surface area contributed by atoms with Crippen molar-refractivity contribution in [3.05, 3.63) is 0 Å². The summed E-state index contributed by atoms with van der Waals surface area (Å²) < 4.78 is 31.0. The summed E-state index contributed by atoms with van der Waals surface area (Å²) in [5.41, 5.74) is 1.91. The molecule has 0 aliphatic carbocycles. The predicted octanol–water partition coefficient (Wildman–Crippen LogP) is 3.99. The predicted molar refractivity (Wildman–Crippen MR) is 121 cm³/mol. The van der Waals surface area contributed by atoms with Crippen molar-refractivity contribution < 1.29 is 22.7 Å². The second-order valence-electron chi connectivity index (χ2n) is 10.5. The molecule has 0 saturated carbocycles. The highest BCUT2D eigenvalue weighted by atomic mass is 32.2. The smallest absolute Gasteiger partial charge is 0.310 e. The molecule has 0 saturated heterocycles. The van der Waals surface area contributed by atoms with Crippen LogP contribution in [0, 0.1) is 29.6 Å². The number of nitrogens with zero attached hydrogens (tertiary/aromatic N) is 1. The first-order chi connectivity index (χ1) is 13.4. The molecule has 0 bridgehead atoms. The molecule has 2 atom stereocenters. The van der Waals surface area contributed by atoms with Crippen molar-refractivity contribution in [3.63, 3.8) is 0 Å². The van der Waals surface area contributed by atoms with E-state index in [1.54, 1.807) is 20.8 Å². The minimum absolute atomic E-state index is 0.0335. The highest BCUT2D eigenvalue weighted by Gasteiger charge is 2.38. The quantitative estimate of drug-likeness (QED) is 0.360. The van der Waals surface area contributed by atoms with E-state index in [9.17, 15) is 18.0 Å². The van der Waals surface area contributed by atoms with Crippen LogP contribution in [0.15, 0.2) is 0 Å². The Hall–Kier alpha value is -1.15. The summed E-state index contributed by atoms with van der Waals surface area (Å²) in [6.45, 7) is 17.4. The Morgan fingerprint density at radius 3 is 1.80 bits per heavy atom. The molecule has 0 heterocycles. The van der Waals surface area contributed by atoms with E-state index >= 15 is 0 Å². The van der Waals surface area contributed by atoms with E-state index in [2.05, 4.69) is 19.3 Å². The molecule has 178 valence electrons. The minimum Gasteiger partial charge on any atom is -0.460 e. The zero-order valence-corrected chi connectivity index (χ0v) is 21.4. The monoisotopic (exact) mass is 448 g/mol. The maximum Gasteiger partial charge on any atom is 0.310 e. The lowest BCUT2D eigenvalue weighted by Gasteiger charge is -2.31. The lowest BCUT2D eigenvalue weighted by Crippen LogP contribution is -2.51. The van der Waals surface area contributed by atoms with Crippen molar-refractivity contribution in [3.8, 4) is 0 Å². The molecule has 0 aliphatic heterocycles. The molecule has 0 aromatic heterocycles. The van der Waals surface area contributed by atoms with Crippen LogP contribution in [0.25, 0.3) is 0 Å². The second-order valence-corrected chi connectivity index (χ2v) is 12.4. The Balaban J connectivity index is 5.91. The van der Waals surface area contributed by atoms with Gasteiger partial charge in [0.2, 0.25) is 15.9 Å². The average Bonchev–Trinajstić information content (AvgIpc) is 2.49. The van der Waals surface area contributed by atoms with Crippen molar-refractivity contribution in [2.24, 2.45) is 29.6 Å². The number of amides is 1. The molecule has 0 spiro atoms. The van der Waals surface area contributed by atoms with Gasteiger partial charge in [0.25, 0.3) is 0 Å². The zero-order chi connectivity index (χ0) is 23.9. The van der Waals surface area contributed by atoms with Crippen LogP contribution in [0.3, 0.4) is 0 Å². The number of esters is 1. The summed E-state index contributed by atoms with van der Waals surface area (Å²) >= 11 is 0. The lowest BCUT2D eigenvalue weighted by atomic mass is 9.81. The molecule has 1 N–H and O–H groups in total. The van der Waals surface area contributed by atoms with Crippen LogP contribution in [0.5, 0.6) is 0 Å². The van der Waals surface area contributed by atoms with Gasteiger partial charge in [-0.15, -0.1) is 4.41 Å². The van der Waals surface area contributed by atoms with Crippen LogP contribution in [0.1, 0.15) is 81.6 Å². The van der Waals surface area contributed by atoms with Crippen LogP contribution in [-0.4, -0.2) is 43.1 Å². The van der Waals surface area contributed by atoms with Gasteiger partial charge >= 0.3 is 5.97 Å². The highest BCUT2D eigenvalue weighted by molar-refractivity contribution is 7.88. The molecule has 30 heavy (non-hydrogen) atoms. The standard InChI is InChI=1S/C22H44N2O5S/c1-15(2)11-12-18(21(26)29-22(7,8)9)19(13-16(3)4)20(25)23-24(14-17(5)6)30(10,27)28/h15-19H,11-14H2,1-10H3,(H,23,25)/t18-,19+/m0/s1. The van der Waals surface area contributed by atoms with Gasteiger partial charge in [-0.05, 0) is 51.4 Å². The van der Waals surface area contributed by atoms with Crippen LogP contribution in [0.4, 0.5) is 0 Å². The topological polar surface area (TPSA) is 92.8 Å². The summed E-state index contributed by atoms with van der Waals surface area (Å²) in [5, 5.41) is 0. The van der Waals surface area contributed by atoms with Crippen molar-refractivity contribution in [1.82, 2.24) is 9.84 Å². The van der Waals surface area contributed by atoms with E-state index in [1.807, 2.05) is 27.7 Å². The molecule has 1 amide bonds. The molecule has 0 fully saturated rings. The number of hydrogen-bond donors (Lipinski definition) is 1. The summed E-state index contributed by atoms with van der Waals surface area (Å²) in [4.78, 5) is 26.3. The third kappa shape index (κ3) is 11.9. The summed E-state index contributed by atoms with van der Waals surface area (Å²) in [5.74, 6) is -1.60. The number of sulfonamides is 1. The first-order valence-electron chi connectivity index (χ1n) is 10.9. The summed E-state index contributed by atoms with van der Waals surface area (Å²) in [6, 6.07) is 0. The SMILES string of the molecule is CC(C)CC[C@H](C(=O)OC(C)(C)C)[C@@H](CC(C)C)C(=O)NN(CC(C)C)S(C)(=O)=O. The number of rotatable bonds is 12. The molecule has 0 unspecified atom stereocenters. The average molecular weight is 449 g/mol. The van der Waals surface area contributed by atoms with Crippen molar-refractivity contribution >= 4 is 21.9 Å². The van der Waals surface area contributed by atoms with Gasteiger partial charge in [0.1, 0.15) is 5.60 Å². The number of ether oxygens (including phenoxy) is 1. The molecule has 7 nitrogen and oxygen atoms in total. The normalized spacial score (nSPS) is 15.0. The maximum atomic E-state index is 13.2. The minimum atomic E-state index is -3.63. The van der Waals surface area contributed by atoms with Gasteiger partial charge in [-0.3, -0.25) is 15.0 Å². The molecular formula is C22H44N2O5S. The van der Waals surface area contributed by atoms with E-state index in [4.69, 9.17) is 4.74 Å². The van der Waals surface area contributed by atoms with Crippen LogP contribution >= 0.6 is 0 Å². The first-order valence-corrected chi connectivity index (χ1v) is 12.8. The Morgan fingerprint density at radius 1 is 0.900 bits per heavy atom. The van der Waals surface area contributed by atoms with Gasteiger partial charge in [-0.1, -0.05) is 48.0 Å². The van der Waals surface area contributed by atoms with Crippen LogP contribution < -0.4 is 5.43 Å².